The van der Waals surface area contributed by atoms with Crippen LogP contribution in [0.3, 0.4) is 0 Å². The van der Waals surface area contributed by atoms with E-state index in [1.807, 2.05) is 0 Å². The van der Waals surface area contributed by atoms with E-state index in [4.69, 9.17) is 21.4 Å². The first-order chi connectivity index (χ1) is 9.56. The molecule has 0 bridgehead atoms. The first-order valence-corrected chi connectivity index (χ1v) is 6.81. The predicted octanol–water partition coefficient (Wildman–Crippen LogP) is 3.12. The summed E-state index contributed by atoms with van der Waals surface area (Å²) in [6, 6.07) is 8.02. The molecule has 0 aliphatic heterocycles. The van der Waals surface area contributed by atoms with Crippen LogP contribution in [-0.2, 0) is 4.79 Å². The fraction of sp³-hybridized carbons (Fsp3) is 0.0769. The third-order valence-electron chi connectivity index (χ3n) is 2.33. The van der Waals surface area contributed by atoms with Crippen LogP contribution >= 0.6 is 22.9 Å². The third-order valence-corrected chi connectivity index (χ3v) is 3.41. The topological polar surface area (TPSA) is 75.6 Å². The van der Waals surface area contributed by atoms with Gasteiger partial charge >= 0.3 is 5.97 Å². The molecule has 104 valence electrons. The van der Waals surface area contributed by atoms with E-state index in [0.29, 0.717) is 15.8 Å². The molecule has 1 aromatic heterocycles. The Morgan fingerprint density at radius 3 is 2.60 bits per heavy atom. The van der Waals surface area contributed by atoms with E-state index < -0.39 is 11.9 Å². The molecule has 0 radical (unpaired) electrons. The van der Waals surface area contributed by atoms with E-state index in [-0.39, 0.29) is 12.2 Å². The average molecular weight is 312 g/mol. The zero-order valence-electron chi connectivity index (χ0n) is 10.1. The number of carboxylic acids is 1. The van der Waals surface area contributed by atoms with Crippen molar-refractivity contribution in [1.29, 1.82) is 0 Å². The van der Waals surface area contributed by atoms with Crippen molar-refractivity contribution in [3.8, 4) is 5.75 Å². The molecule has 2 N–H and O–H groups in total. The Kier molecular flexibility index (Phi) is 4.60. The average Bonchev–Trinajstić information content (AvgIpc) is 2.86. The van der Waals surface area contributed by atoms with Gasteiger partial charge < -0.3 is 15.2 Å². The number of anilines is 1. The van der Waals surface area contributed by atoms with Gasteiger partial charge in [-0.2, -0.15) is 0 Å². The number of thiophene rings is 1. The van der Waals surface area contributed by atoms with Gasteiger partial charge in [-0.25, -0.2) is 4.79 Å². The summed E-state index contributed by atoms with van der Waals surface area (Å²) >= 11 is 6.87. The molecule has 0 spiro atoms. The summed E-state index contributed by atoms with van der Waals surface area (Å²) in [5.41, 5.74) is 0.0647. The van der Waals surface area contributed by atoms with Crippen LogP contribution in [0.25, 0.3) is 0 Å². The van der Waals surface area contributed by atoms with Gasteiger partial charge in [-0.3, -0.25) is 4.79 Å². The van der Waals surface area contributed by atoms with Gasteiger partial charge in [-0.1, -0.05) is 11.6 Å². The van der Waals surface area contributed by atoms with Gasteiger partial charge in [-0.05, 0) is 35.7 Å². The fourth-order valence-electron chi connectivity index (χ4n) is 1.42. The van der Waals surface area contributed by atoms with Crippen LogP contribution in [0.2, 0.25) is 5.02 Å². The second kappa shape index (κ2) is 6.40. The molecule has 2 rings (SSSR count). The van der Waals surface area contributed by atoms with Gasteiger partial charge in [0, 0.05) is 5.02 Å². The lowest BCUT2D eigenvalue weighted by Gasteiger charge is -2.07. The Hall–Kier alpha value is -2.05. The fourth-order valence-corrected chi connectivity index (χ4v) is 2.34. The zero-order valence-corrected chi connectivity index (χ0v) is 11.7. The van der Waals surface area contributed by atoms with E-state index in [9.17, 15) is 9.59 Å². The van der Waals surface area contributed by atoms with E-state index >= 15 is 0 Å². The Morgan fingerprint density at radius 1 is 1.25 bits per heavy atom. The molecule has 0 atom stereocenters. The number of benzene rings is 1. The lowest BCUT2D eigenvalue weighted by Crippen LogP contribution is -2.20. The van der Waals surface area contributed by atoms with Crippen LogP contribution in [0.5, 0.6) is 5.75 Å². The number of nitrogens with one attached hydrogen (secondary N) is 1. The molecule has 1 heterocycles. The van der Waals surface area contributed by atoms with Crippen LogP contribution in [0.4, 0.5) is 5.00 Å². The van der Waals surface area contributed by atoms with Crippen LogP contribution < -0.4 is 10.1 Å². The van der Waals surface area contributed by atoms with Crippen molar-refractivity contribution in [2.45, 2.75) is 0 Å². The SMILES string of the molecule is O=C(COc1ccc(Cl)cc1)Nc1sccc1C(=O)O. The normalized spacial score (nSPS) is 10.1. The minimum atomic E-state index is -1.08. The van der Waals surface area contributed by atoms with E-state index in [1.165, 1.54) is 6.07 Å². The largest absolute Gasteiger partial charge is 0.484 e. The minimum absolute atomic E-state index is 0.0647. The number of rotatable bonds is 5. The molecular formula is C13H10ClNO4S. The second-order valence-corrected chi connectivity index (χ2v) is 5.11. The summed E-state index contributed by atoms with van der Waals surface area (Å²) in [7, 11) is 0. The Balaban J connectivity index is 1.91. The maximum absolute atomic E-state index is 11.7. The first kappa shape index (κ1) is 14.4. The zero-order chi connectivity index (χ0) is 14.5. The van der Waals surface area contributed by atoms with Gasteiger partial charge in [0.1, 0.15) is 10.8 Å². The summed E-state index contributed by atoms with van der Waals surface area (Å²) in [6.07, 6.45) is 0. The van der Waals surface area contributed by atoms with E-state index in [0.717, 1.165) is 11.3 Å². The minimum Gasteiger partial charge on any atom is -0.484 e. The number of hydrogen-bond donors (Lipinski definition) is 2. The molecule has 0 aliphatic carbocycles. The highest BCUT2D eigenvalue weighted by atomic mass is 35.5. The number of halogens is 1. The summed E-state index contributed by atoms with van der Waals surface area (Å²) in [4.78, 5) is 22.6. The Morgan fingerprint density at radius 2 is 1.95 bits per heavy atom. The smallest absolute Gasteiger partial charge is 0.338 e. The highest BCUT2D eigenvalue weighted by molar-refractivity contribution is 7.14. The van der Waals surface area contributed by atoms with Gasteiger partial charge in [0.15, 0.2) is 6.61 Å². The van der Waals surface area contributed by atoms with E-state index in [1.54, 1.807) is 29.6 Å². The van der Waals surface area contributed by atoms with E-state index in [2.05, 4.69) is 5.32 Å². The number of amides is 1. The predicted molar refractivity (Wildman–Crippen MR) is 76.9 cm³/mol. The van der Waals surface area contributed by atoms with Crippen molar-refractivity contribution in [3.63, 3.8) is 0 Å². The standard InChI is InChI=1S/C13H10ClNO4S/c14-8-1-3-9(4-2-8)19-7-11(16)15-12-10(13(17)18)5-6-20-12/h1-6H,7H2,(H,15,16)(H,17,18). The van der Waals surface area contributed by atoms with Crippen molar-refractivity contribution in [1.82, 2.24) is 0 Å². The van der Waals surface area contributed by atoms with Crippen molar-refractivity contribution in [3.05, 3.63) is 46.3 Å². The number of carboxylic acid groups (broad SMARTS) is 1. The molecule has 2 aromatic rings. The van der Waals surface area contributed by atoms with Crippen molar-refractivity contribution in [2.75, 3.05) is 11.9 Å². The summed E-state index contributed by atoms with van der Waals surface area (Å²) in [6.45, 7) is -0.210. The van der Waals surface area contributed by atoms with Crippen LogP contribution in [0.1, 0.15) is 10.4 Å². The lowest BCUT2D eigenvalue weighted by atomic mass is 10.3. The van der Waals surface area contributed by atoms with Crippen molar-refractivity contribution < 1.29 is 19.4 Å². The molecule has 1 amide bonds. The summed E-state index contributed by atoms with van der Waals surface area (Å²) in [5.74, 6) is -1.00. The maximum atomic E-state index is 11.7. The van der Waals surface area contributed by atoms with Crippen molar-refractivity contribution in [2.24, 2.45) is 0 Å². The first-order valence-electron chi connectivity index (χ1n) is 5.55. The Labute approximate surface area is 123 Å². The molecule has 5 nitrogen and oxygen atoms in total. The Bertz CT molecular complexity index is 624. The molecule has 7 heteroatoms. The number of carbonyl (C=O) groups excluding carboxylic acids is 1. The second-order valence-electron chi connectivity index (χ2n) is 3.76. The molecule has 1 aromatic carbocycles. The molecule has 0 saturated carbocycles. The maximum Gasteiger partial charge on any atom is 0.338 e. The highest BCUT2D eigenvalue weighted by Crippen LogP contribution is 2.23. The summed E-state index contributed by atoms with van der Waals surface area (Å²) < 4.78 is 5.26. The molecule has 20 heavy (non-hydrogen) atoms. The van der Waals surface area contributed by atoms with Crippen molar-refractivity contribution >= 4 is 39.8 Å². The van der Waals surface area contributed by atoms with Gasteiger partial charge in [0.2, 0.25) is 0 Å². The number of aromatic carboxylic acids is 1. The number of carbonyl (C=O) groups is 2. The number of ether oxygens (including phenoxy) is 1. The molecule has 0 unspecified atom stereocenters. The summed E-state index contributed by atoms with van der Waals surface area (Å²) in [5, 5.41) is 13.9. The van der Waals surface area contributed by atoms with Gasteiger partial charge in [-0.15, -0.1) is 11.3 Å². The number of hydrogen-bond acceptors (Lipinski definition) is 4. The molecular weight excluding hydrogens is 302 g/mol. The molecule has 0 aliphatic rings. The third kappa shape index (κ3) is 3.72. The highest BCUT2D eigenvalue weighted by Gasteiger charge is 2.14. The monoisotopic (exact) mass is 311 g/mol. The van der Waals surface area contributed by atoms with Crippen LogP contribution in [0.15, 0.2) is 35.7 Å². The lowest BCUT2D eigenvalue weighted by molar-refractivity contribution is -0.118. The molecule has 0 saturated heterocycles. The van der Waals surface area contributed by atoms with Crippen LogP contribution in [0, 0.1) is 0 Å². The van der Waals surface area contributed by atoms with Gasteiger partial charge in [0.05, 0.1) is 5.56 Å². The van der Waals surface area contributed by atoms with Gasteiger partial charge in [0.25, 0.3) is 5.91 Å². The van der Waals surface area contributed by atoms with Crippen LogP contribution in [-0.4, -0.2) is 23.6 Å². The molecule has 0 fully saturated rings. The quantitative estimate of drug-likeness (QED) is 0.889.